The minimum Gasteiger partial charge on any atom is -0.508 e. The number of phenols is 1. The molecule has 0 aliphatic rings. The molecule has 4 aromatic rings. The number of aromatic hydroxyl groups is 1. The maximum absolute atomic E-state index is 12.7. The van der Waals surface area contributed by atoms with Gasteiger partial charge in [-0.2, -0.15) is 0 Å². The molecule has 1 heterocycles. The van der Waals surface area contributed by atoms with Crippen molar-refractivity contribution >= 4 is 27.7 Å². The number of carbonyl (C=O) groups excluding carboxylic acids is 1. The van der Waals surface area contributed by atoms with Crippen molar-refractivity contribution < 1.29 is 9.90 Å². The summed E-state index contributed by atoms with van der Waals surface area (Å²) in [4.78, 5) is 25.3. The van der Waals surface area contributed by atoms with Gasteiger partial charge in [0.05, 0.1) is 11.0 Å². The Labute approximate surface area is 161 Å². The van der Waals surface area contributed by atoms with Gasteiger partial charge in [-0.3, -0.25) is 9.59 Å². The maximum Gasteiger partial charge on any atom is 0.239 e. The summed E-state index contributed by atoms with van der Waals surface area (Å²) in [5.41, 5.74) is 2.43. The largest absolute Gasteiger partial charge is 0.508 e. The Morgan fingerprint density at radius 3 is 2.18 bits per heavy atom. The lowest BCUT2D eigenvalue weighted by molar-refractivity contribution is -0.121. The van der Waals surface area contributed by atoms with E-state index < -0.39 is 0 Å². The van der Waals surface area contributed by atoms with Crippen molar-refractivity contribution in [2.24, 2.45) is 0 Å². The van der Waals surface area contributed by atoms with Crippen LogP contribution in [0.4, 0.5) is 0 Å². The van der Waals surface area contributed by atoms with Crippen molar-refractivity contribution in [1.29, 1.82) is 0 Å². The van der Waals surface area contributed by atoms with Crippen LogP contribution < -0.4 is 10.7 Å². The first-order valence-corrected chi connectivity index (χ1v) is 9.18. The van der Waals surface area contributed by atoms with Crippen LogP contribution >= 0.6 is 0 Å². The number of nitrogens with zero attached hydrogens (tertiary/aromatic N) is 1. The second kappa shape index (κ2) is 7.56. The van der Waals surface area contributed by atoms with Crippen LogP contribution in [0.25, 0.3) is 21.8 Å². The number of amides is 1. The number of benzene rings is 3. The van der Waals surface area contributed by atoms with Gasteiger partial charge in [0, 0.05) is 17.3 Å². The van der Waals surface area contributed by atoms with Crippen LogP contribution in [0, 0.1) is 0 Å². The molecule has 0 unspecified atom stereocenters. The third-order valence-electron chi connectivity index (χ3n) is 4.83. The van der Waals surface area contributed by atoms with Crippen LogP contribution in [0.5, 0.6) is 5.75 Å². The molecule has 0 aliphatic heterocycles. The Morgan fingerprint density at radius 2 is 1.54 bits per heavy atom. The molecule has 140 valence electrons. The standard InChI is InChI=1S/C23H20N2O3/c26-17-7-5-6-16(14-17)12-13-24-22(27)15-25-20-10-3-1-8-18(20)23(28)19-9-2-4-11-21(19)25/h1-11,14,26H,12-13,15H2,(H,24,27). The van der Waals surface area contributed by atoms with Gasteiger partial charge in [-0.15, -0.1) is 0 Å². The molecule has 1 amide bonds. The minimum absolute atomic E-state index is 0.0215. The fraction of sp³-hybridized carbons (Fsp3) is 0.130. The van der Waals surface area contributed by atoms with Gasteiger partial charge in [-0.25, -0.2) is 0 Å². The molecule has 0 atom stereocenters. The van der Waals surface area contributed by atoms with E-state index >= 15 is 0 Å². The summed E-state index contributed by atoms with van der Waals surface area (Å²) in [6.07, 6.45) is 0.631. The quantitative estimate of drug-likeness (QED) is 0.529. The molecule has 0 saturated heterocycles. The lowest BCUT2D eigenvalue weighted by Crippen LogP contribution is -2.30. The first kappa shape index (κ1) is 17.8. The second-order valence-corrected chi connectivity index (χ2v) is 6.72. The number of hydrogen-bond acceptors (Lipinski definition) is 3. The zero-order valence-electron chi connectivity index (χ0n) is 15.3. The van der Waals surface area contributed by atoms with E-state index in [0.29, 0.717) is 23.7 Å². The first-order chi connectivity index (χ1) is 13.6. The number of carbonyl (C=O) groups is 1. The van der Waals surface area contributed by atoms with Crippen LogP contribution in [0.1, 0.15) is 5.56 Å². The van der Waals surface area contributed by atoms with Crippen LogP contribution in [-0.2, 0) is 17.8 Å². The fourth-order valence-corrected chi connectivity index (χ4v) is 3.50. The van der Waals surface area contributed by atoms with E-state index in [1.807, 2.05) is 47.0 Å². The highest BCUT2D eigenvalue weighted by molar-refractivity contribution is 5.94. The number of para-hydroxylation sites is 2. The van der Waals surface area contributed by atoms with Crippen molar-refractivity contribution in [1.82, 2.24) is 9.88 Å². The predicted molar refractivity (Wildman–Crippen MR) is 111 cm³/mol. The van der Waals surface area contributed by atoms with Crippen molar-refractivity contribution in [3.8, 4) is 5.75 Å². The Balaban J connectivity index is 1.59. The first-order valence-electron chi connectivity index (χ1n) is 9.18. The monoisotopic (exact) mass is 372 g/mol. The molecule has 3 aromatic carbocycles. The molecule has 0 radical (unpaired) electrons. The van der Waals surface area contributed by atoms with Gasteiger partial charge >= 0.3 is 0 Å². The van der Waals surface area contributed by atoms with Crippen molar-refractivity contribution in [3.05, 3.63) is 88.6 Å². The lowest BCUT2D eigenvalue weighted by Gasteiger charge is -2.15. The van der Waals surface area contributed by atoms with Gasteiger partial charge in [0.15, 0.2) is 5.43 Å². The highest BCUT2D eigenvalue weighted by Gasteiger charge is 2.12. The van der Waals surface area contributed by atoms with Crippen molar-refractivity contribution in [2.45, 2.75) is 13.0 Å². The van der Waals surface area contributed by atoms with Crippen LogP contribution in [0.3, 0.4) is 0 Å². The Hall–Kier alpha value is -3.60. The SMILES string of the molecule is O=C(Cn1c2ccccc2c(=O)c2ccccc21)NCCc1cccc(O)c1. The van der Waals surface area contributed by atoms with Gasteiger partial charge in [-0.1, -0.05) is 36.4 Å². The summed E-state index contributed by atoms with van der Waals surface area (Å²) in [7, 11) is 0. The topological polar surface area (TPSA) is 71.3 Å². The van der Waals surface area contributed by atoms with Gasteiger partial charge < -0.3 is 15.0 Å². The summed E-state index contributed by atoms with van der Waals surface area (Å²) in [5, 5.41) is 13.7. The average molecular weight is 372 g/mol. The van der Waals surface area contributed by atoms with Crippen LogP contribution in [0.2, 0.25) is 0 Å². The minimum atomic E-state index is -0.126. The van der Waals surface area contributed by atoms with E-state index in [9.17, 15) is 14.7 Å². The van der Waals surface area contributed by atoms with E-state index in [2.05, 4.69) is 5.32 Å². The molecule has 5 heteroatoms. The highest BCUT2D eigenvalue weighted by Crippen LogP contribution is 2.19. The Morgan fingerprint density at radius 1 is 0.893 bits per heavy atom. The molecule has 1 aromatic heterocycles. The molecule has 5 nitrogen and oxygen atoms in total. The third kappa shape index (κ3) is 3.47. The number of phenolic OH excluding ortho intramolecular Hbond substituents is 1. The number of nitrogens with one attached hydrogen (secondary N) is 1. The van der Waals surface area contributed by atoms with Crippen molar-refractivity contribution in [3.63, 3.8) is 0 Å². The van der Waals surface area contributed by atoms with E-state index in [1.165, 1.54) is 0 Å². The zero-order chi connectivity index (χ0) is 19.5. The molecule has 28 heavy (non-hydrogen) atoms. The maximum atomic E-state index is 12.7. The number of aromatic nitrogens is 1. The smallest absolute Gasteiger partial charge is 0.239 e. The van der Waals surface area contributed by atoms with E-state index in [0.717, 1.165) is 16.6 Å². The molecule has 0 aliphatic carbocycles. The molecule has 0 spiro atoms. The third-order valence-corrected chi connectivity index (χ3v) is 4.83. The molecular formula is C23H20N2O3. The summed E-state index contributed by atoms with van der Waals surface area (Å²) < 4.78 is 1.88. The van der Waals surface area contributed by atoms with E-state index in [4.69, 9.17) is 0 Å². The molecule has 4 rings (SSSR count). The van der Waals surface area contributed by atoms with Gasteiger partial charge in [0.25, 0.3) is 0 Å². The Kier molecular flexibility index (Phi) is 4.81. The van der Waals surface area contributed by atoms with Crippen molar-refractivity contribution in [2.75, 3.05) is 6.54 Å². The molecule has 2 N–H and O–H groups in total. The van der Waals surface area contributed by atoms with Crippen LogP contribution in [-0.4, -0.2) is 22.1 Å². The summed E-state index contributed by atoms with van der Waals surface area (Å²) in [6, 6.07) is 21.7. The van der Waals surface area contributed by atoms with Crippen LogP contribution in [0.15, 0.2) is 77.6 Å². The fourth-order valence-electron chi connectivity index (χ4n) is 3.50. The number of pyridine rings is 1. The molecule has 0 bridgehead atoms. The summed E-state index contributed by atoms with van der Waals surface area (Å²) in [6.45, 7) is 0.597. The average Bonchev–Trinajstić information content (AvgIpc) is 2.71. The summed E-state index contributed by atoms with van der Waals surface area (Å²) >= 11 is 0. The zero-order valence-corrected chi connectivity index (χ0v) is 15.3. The number of fused-ring (bicyclic) bond motifs is 2. The Bertz CT molecular complexity index is 1170. The van der Waals surface area contributed by atoms with Gasteiger partial charge in [-0.05, 0) is 48.4 Å². The highest BCUT2D eigenvalue weighted by atomic mass is 16.3. The predicted octanol–water partition coefficient (Wildman–Crippen LogP) is 3.22. The normalized spacial score (nSPS) is 11.0. The lowest BCUT2D eigenvalue weighted by atomic mass is 10.1. The number of rotatable bonds is 5. The molecule has 0 fully saturated rings. The van der Waals surface area contributed by atoms with E-state index in [-0.39, 0.29) is 23.6 Å². The second-order valence-electron chi connectivity index (χ2n) is 6.72. The van der Waals surface area contributed by atoms with E-state index in [1.54, 1.807) is 30.3 Å². The molecule has 0 saturated carbocycles. The van der Waals surface area contributed by atoms with Gasteiger partial charge in [0.1, 0.15) is 12.3 Å². The van der Waals surface area contributed by atoms with Gasteiger partial charge in [0.2, 0.25) is 5.91 Å². The molecular weight excluding hydrogens is 352 g/mol. The summed E-state index contributed by atoms with van der Waals surface area (Å²) in [5.74, 6) is 0.0918. The number of hydrogen-bond donors (Lipinski definition) is 2.